The van der Waals surface area contributed by atoms with Crippen molar-refractivity contribution < 1.29 is 9.47 Å². The van der Waals surface area contributed by atoms with E-state index in [1.807, 2.05) is 6.07 Å². The molecule has 0 spiro atoms. The molecule has 0 aliphatic carbocycles. The predicted octanol–water partition coefficient (Wildman–Crippen LogP) is 11.3. The molecule has 0 radical (unpaired) electrons. The maximum atomic E-state index is 6.26. The summed E-state index contributed by atoms with van der Waals surface area (Å²) in [5.41, 5.74) is 7.69. The standard InChI is InChI=1S/C37H44O2/c1-24(2)34-21-20-33(23-36(34)26(5)6)39-31-18-13-29(14-19-31)37(8,9)28-11-16-30(17-12-28)38-32-15-10-27(7)35(22-32)25(3)4/h10-26H,1-9H3. The lowest BCUT2D eigenvalue weighted by molar-refractivity contribution is 0.479. The lowest BCUT2D eigenvalue weighted by atomic mass is 9.78. The van der Waals surface area contributed by atoms with Gasteiger partial charge in [0.25, 0.3) is 0 Å². The van der Waals surface area contributed by atoms with Crippen LogP contribution in [0.3, 0.4) is 0 Å². The zero-order valence-corrected chi connectivity index (χ0v) is 25.1. The molecular formula is C37H44O2. The van der Waals surface area contributed by atoms with Gasteiger partial charge in [0.2, 0.25) is 0 Å². The minimum absolute atomic E-state index is 0.157. The van der Waals surface area contributed by atoms with Crippen molar-refractivity contribution in [2.45, 2.75) is 85.5 Å². The summed E-state index contributed by atoms with van der Waals surface area (Å²) in [4.78, 5) is 0. The van der Waals surface area contributed by atoms with E-state index in [9.17, 15) is 0 Å². The molecule has 4 aromatic carbocycles. The van der Waals surface area contributed by atoms with Crippen LogP contribution in [0.15, 0.2) is 84.9 Å². The third-order valence-corrected chi connectivity index (χ3v) is 7.80. The Morgan fingerprint density at radius 2 is 0.846 bits per heavy atom. The number of benzene rings is 4. The van der Waals surface area contributed by atoms with Crippen molar-refractivity contribution in [3.8, 4) is 23.0 Å². The van der Waals surface area contributed by atoms with E-state index in [0.29, 0.717) is 17.8 Å². The minimum atomic E-state index is -0.157. The van der Waals surface area contributed by atoms with Crippen molar-refractivity contribution in [2.24, 2.45) is 0 Å². The molecule has 2 heteroatoms. The van der Waals surface area contributed by atoms with E-state index in [0.717, 1.165) is 23.0 Å². The molecule has 0 atom stereocenters. The summed E-state index contributed by atoms with van der Waals surface area (Å²) in [6.45, 7) is 20.1. The molecule has 0 amide bonds. The minimum Gasteiger partial charge on any atom is -0.457 e. The summed E-state index contributed by atoms with van der Waals surface area (Å²) in [5.74, 6) is 4.90. The monoisotopic (exact) mass is 520 g/mol. The fraction of sp³-hybridized carbons (Fsp3) is 0.351. The van der Waals surface area contributed by atoms with Crippen LogP contribution in [0.5, 0.6) is 23.0 Å². The Bertz CT molecular complexity index is 1390. The van der Waals surface area contributed by atoms with Gasteiger partial charge in [0.15, 0.2) is 0 Å². The van der Waals surface area contributed by atoms with Crippen LogP contribution in [0.2, 0.25) is 0 Å². The number of hydrogen-bond acceptors (Lipinski definition) is 2. The fourth-order valence-electron chi connectivity index (χ4n) is 5.26. The third-order valence-electron chi connectivity index (χ3n) is 7.80. The summed E-state index contributed by atoms with van der Waals surface area (Å²) < 4.78 is 12.5. The van der Waals surface area contributed by atoms with Crippen LogP contribution < -0.4 is 9.47 Å². The highest BCUT2D eigenvalue weighted by molar-refractivity contribution is 5.45. The first-order chi connectivity index (χ1) is 18.5. The van der Waals surface area contributed by atoms with E-state index < -0.39 is 0 Å². The van der Waals surface area contributed by atoms with Gasteiger partial charge in [-0.2, -0.15) is 0 Å². The van der Waals surface area contributed by atoms with Crippen LogP contribution in [0.25, 0.3) is 0 Å². The number of hydrogen-bond donors (Lipinski definition) is 0. The average Bonchev–Trinajstić information content (AvgIpc) is 2.90. The summed E-state index contributed by atoms with van der Waals surface area (Å²) in [6.07, 6.45) is 0. The Kier molecular flexibility index (Phi) is 8.54. The fourth-order valence-corrected chi connectivity index (χ4v) is 5.26. The van der Waals surface area contributed by atoms with Crippen molar-refractivity contribution in [3.63, 3.8) is 0 Å². The van der Waals surface area contributed by atoms with Gasteiger partial charge in [-0.1, -0.05) is 91.8 Å². The lowest BCUT2D eigenvalue weighted by Gasteiger charge is -2.26. The van der Waals surface area contributed by atoms with Gasteiger partial charge < -0.3 is 9.47 Å². The molecule has 0 aromatic heterocycles. The van der Waals surface area contributed by atoms with Gasteiger partial charge in [-0.25, -0.2) is 0 Å². The molecule has 2 nitrogen and oxygen atoms in total. The second-order valence-electron chi connectivity index (χ2n) is 12.2. The second kappa shape index (κ2) is 11.7. The molecule has 0 heterocycles. The molecule has 0 unspecified atom stereocenters. The van der Waals surface area contributed by atoms with E-state index in [1.165, 1.54) is 33.4 Å². The second-order valence-corrected chi connectivity index (χ2v) is 12.2. The molecular weight excluding hydrogens is 476 g/mol. The highest BCUT2D eigenvalue weighted by atomic mass is 16.5. The normalized spacial score (nSPS) is 11.9. The quantitative estimate of drug-likeness (QED) is 0.218. The summed E-state index contributed by atoms with van der Waals surface area (Å²) >= 11 is 0. The molecule has 0 aliphatic heterocycles. The van der Waals surface area contributed by atoms with E-state index in [1.54, 1.807) is 0 Å². The van der Waals surface area contributed by atoms with Crippen LogP contribution >= 0.6 is 0 Å². The van der Waals surface area contributed by atoms with Crippen molar-refractivity contribution >= 4 is 0 Å². The molecule has 4 rings (SSSR count). The Labute approximate surface area is 236 Å². The van der Waals surface area contributed by atoms with Crippen molar-refractivity contribution in [2.75, 3.05) is 0 Å². The highest BCUT2D eigenvalue weighted by Crippen LogP contribution is 2.36. The molecule has 0 saturated carbocycles. The summed E-state index contributed by atoms with van der Waals surface area (Å²) in [7, 11) is 0. The van der Waals surface area contributed by atoms with E-state index in [4.69, 9.17) is 9.47 Å². The van der Waals surface area contributed by atoms with Crippen LogP contribution in [0.4, 0.5) is 0 Å². The smallest absolute Gasteiger partial charge is 0.127 e. The third kappa shape index (κ3) is 6.56. The molecule has 0 aliphatic rings. The summed E-state index contributed by atoms with van der Waals surface area (Å²) in [6, 6.07) is 29.8. The Morgan fingerprint density at radius 3 is 1.28 bits per heavy atom. The summed E-state index contributed by atoms with van der Waals surface area (Å²) in [5, 5.41) is 0. The van der Waals surface area contributed by atoms with Crippen LogP contribution in [0, 0.1) is 6.92 Å². The molecule has 4 aromatic rings. The highest BCUT2D eigenvalue weighted by Gasteiger charge is 2.23. The van der Waals surface area contributed by atoms with Gasteiger partial charge in [-0.05, 0) is 107 Å². The van der Waals surface area contributed by atoms with Gasteiger partial charge in [0, 0.05) is 5.41 Å². The molecule has 39 heavy (non-hydrogen) atoms. The van der Waals surface area contributed by atoms with E-state index in [2.05, 4.69) is 141 Å². The first-order valence-corrected chi connectivity index (χ1v) is 14.3. The van der Waals surface area contributed by atoms with Crippen molar-refractivity contribution in [1.29, 1.82) is 0 Å². The molecule has 204 valence electrons. The Hall–Kier alpha value is -3.52. The Morgan fingerprint density at radius 1 is 0.462 bits per heavy atom. The lowest BCUT2D eigenvalue weighted by Crippen LogP contribution is -2.18. The Balaban J connectivity index is 1.47. The average molecular weight is 521 g/mol. The van der Waals surface area contributed by atoms with Gasteiger partial charge in [-0.3, -0.25) is 0 Å². The molecule has 0 N–H and O–H groups in total. The molecule has 0 saturated heterocycles. The molecule has 0 fully saturated rings. The zero-order chi connectivity index (χ0) is 28.3. The van der Waals surface area contributed by atoms with Crippen molar-refractivity contribution in [1.82, 2.24) is 0 Å². The SMILES string of the molecule is Cc1ccc(Oc2ccc(C(C)(C)c3ccc(Oc4ccc(C(C)C)c(C(C)C)c4)cc3)cc2)cc1C(C)C. The van der Waals surface area contributed by atoms with Gasteiger partial charge in [0.1, 0.15) is 23.0 Å². The van der Waals surface area contributed by atoms with E-state index in [-0.39, 0.29) is 5.41 Å². The predicted molar refractivity (Wildman–Crippen MR) is 165 cm³/mol. The number of aryl methyl sites for hydroxylation is 1. The largest absolute Gasteiger partial charge is 0.457 e. The van der Waals surface area contributed by atoms with Crippen LogP contribution in [-0.2, 0) is 5.41 Å². The van der Waals surface area contributed by atoms with Gasteiger partial charge in [0.05, 0.1) is 0 Å². The van der Waals surface area contributed by atoms with E-state index >= 15 is 0 Å². The zero-order valence-electron chi connectivity index (χ0n) is 25.1. The van der Waals surface area contributed by atoms with Crippen molar-refractivity contribution in [3.05, 3.63) is 118 Å². The van der Waals surface area contributed by atoms with Gasteiger partial charge in [-0.15, -0.1) is 0 Å². The van der Waals surface area contributed by atoms with Gasteiger partial charge >= 0.3 is 0 Å². The number of rotatable bonds is 9. The number of ether oxygens (including phenoxy) is 2. The first-order valence-electron chi connectivity index (χ1n) is 14.3. The topological polar surface area (TPSA) is 18.5 Å². The maximum Gasteiger partial charge on any atom is 0.127 e. The van der Waals surface area contributed by atoms with Crippen LogP contribution in [0.1, 0.15) is 107 Å². The maximum absolute atomic E-state index is 6.26. The molecule has 0 bridgehead atoms. The first kappa shape index (κ1) is 28.5. The van der Waals surface area contributed by atoms with Crippen LogP contribution in [-0.4, -0.2) is 0 Å².